The number of hydrogen-bond donors (Lipinski definition) is 1. The third kappa shape index (κ3) is 4.56. The van der Waals surface area contributed by atoms with Crippen molar-refractivity contribution in [2.45, 2.75) is 6.04 Å². The van der Waals surface area contributed by atoms with Crippen molar-refractivity contribution in [2.75, 3.05) is 19.4 Å². The highest BCUT2D eigenvalue weighted by molar-refractivity contribution is 6.32. The maximum atomic E-state index is 12.6. The average Bonchev–Trinajstić information content (AvgIpc) is 2.84. The van der Waals surface area contributed by atoms with Crippen molar-refractivity contribution in [1.29, 1.82) is 5.26 Å². The quantitative estimate of drug-likeness (QED) is 0.430. The molecule has 2 heterocycles. The molecule has 0 fully saturated rings. The summed E-state index contributed by atoms with van der Waals surface area (Å²) >= 11 is 6.63. The molecular formula is C25H20ClN5O2. The Morgan fingerprint density at radius 1 is 1.03 bits per heavy atom. The summed E-state index contributed by atoms with van der Waals surface area (Å²) in [6.07, 6.45) is 2.77. The standard InChI is InChI=1S/C25H20ClN5O2/c1-31(2)25(32)33-24-19(12-11-16-8-6-14-29-22(16)24)23(30-20-10-3-4-13-28-20)18-9-5-7-17(15-27)21(18)26/h3-14,23H,1-2H3,(H,28,30). The molecule has 0 spiro atoms. The van der Waals surface area contributed by atoms with Gasteiger partial charge in [-0.25, -0.2) is 9.78 Å². The van der Waals surface area contributed by atoms with Crippen LogP contribution in [0.2, 0.25) is 5.02 Å². The molecule has 1 atom stereocenters. The number of nitrogens with zero attached hydrogens (tertiary/aromatic N) is 4. The number of nitrogens with one attached hydrogen (secondary N) is 1. The summed E-state index contributed by atoms with van der Waals surface area (Å²) in [5.41, 5.74) is 2.14. The molecular weight excluding hydrogens is 438 g/mol. The van der Waals surface area contributed by atoms with Crippen molar-refractivity contribution >= 4 is 34.4 Å². The number of ether oxygens (including phenoxy) is 1. The molecule has 0 radical (unpaired) electrons. The van der Waals surface area contributed by atoms with Crippen LogP contribution in [0.1, 0.15) is 22.7 Å². The van der Waals surface area contributed by atoms with Gasteiger partial charge in [-0.2, -0.15) is 5.26 Å². The van der Waals surface area contributed by atoms with E-state index in [-0.39, 0.29) is 0 Å². The van der Waals surface area contributed by atoms with Crippen molar-refractivity contribution in [3.63, 3.8) is 0 Å². The van der Waals surface area contributed by atoms with Crippen molar-refractivity contribution in [3.05, 3.63) is 94.8 Å². The van der Waals surface area contributed by atoms with Gasteiger partial charge < -0.3 is 15.0 Å². The van der Waals surface area contributed by atoms with Crippen LogP contribution in [0.15, 0.2) is 73.1 Å². The molecule has 0 saturated carbocycles. The highest BCUT2D eigenvalue weighted by atomic mass is 35.5. The Morgan fingerprint density at radius 3 is 2.58 bits per heavy atom. The number of carbonyl (C=O) groups excluding carboxylic acids is 1. The molecule has 1 amide bonds. The molecule has 4 aromatic rings. The number of amides is 1. The number of pyridine rings is 2. The third-order valence-corrected chi connectivity index (χ3v) is 5.46. The summed E-state index contributed by atoms with van der Waals surface area (Å²) in [6.45, 7) is 0. The minimum Gasteiger partial charge on any atom is -0.407 e. The van der Waals surface area contributed by atoms with Crippen LogP contribution in [0.5, 0.6) is 5.75 Å². The number of rotatable bonds is 5. The molecule has 0 aliphatic rings. The lowest BCUT2D eigenvalue weighted by molar-refractivity contribution is 0.172. The summed E-state index contributed by atoms with van der Waals surface area (Å²) in [5.74, 6) is 0.894. The molecule has 0 aliphatic carbocycles. The third-order valence-electron chi connectivity index (χ3n) is 5.04. The van der Waals surface area contributed by atoms with Crippen LogP contribution in [0.4, 0.5) is 10.6 Å². The molecule has 8 heteroatoms. The molecule has 7 nitrogen and oxygen atoms in total. The van der Waals surface area contributed by atoms with E-state index in [0.717, 1.165) is 5.39 Å². The lowest BCUT2D eigenvalue weighted by atomic mass is 9.95. The van der Waals surface area contributed by atoms with E-state index in [4.69, 9.17) is 16.3 Å². The number of aromatic nitrogens is 2. The average molecular weight is 458 g/mol. The van der Waals surface area contributed by atoms with E-state index < -0.39 is 12.1 Å². The van der Waals surface area contributed by atoms with Gasteiger partial charge >= 0.3 is 6.09 Å². The van der Waals surface area contributed by atoms with Crippen molar-refractivity contribution in [1.82, 2.24) is 14.9 Å². The summed E-state index contributed by atoms with van der Waals surface area (Å²) in [6, 6.07) is 19.7. The number of anilines is 1. The SMILES string of the molecule is CN(C)C(=O)Oc1c(C(Nc2ccccn2)c2cccc(C#N)c2Cl)ccc2cccnc12. The van der Waals surface area contributed by atoms with Gasteiger partial charge in [-0.1, -0.05) is 48.0 Å². The predicted molar refractivity (Wildman–Crippen MR) is 127 cm³/mol. The van der Waals surface area contributed by atoms with Gasteiger partial charge in [0.15, 0.2) is 5.75 Å². The second-order valence-electron chi connectivity index (χ2n) is 7.43. The zero-order chi connectivity index (χ0) is 23.4. The molecule has 1 unspecified atom stereocenters. The highest BCUT2D eigenvalue weighted by Gasteiger charge is 2.26. The maximum absolute atomic E-state index is 12.6. The van der Waals surface area contributed by atoms with E-state index in [1.165, 1.54) is 4.90 Å². The molecule has 2 aromatic heterocycles. The molecule has 1 N–H and O–H groups in total. The highest BCUT2D eigenvalue weighted by Crippen LogP contribution is 2.40. The number of benzene rings is 2. The van der Waals surface area contributed by atoms with E-state index in [1.54, 1.807) is 38.6 Å². The molecule has 0 bridgehead atoms. The van der Waals surface area contributed by atoms with Crippen LogP contribution in [0.25, 0.3) is 10.9 Å². The van der Waals surface area contributed by atoms with Gasteiger partial charge in [-0.05, 0) is 29.8 Å². The number of nitriles is 1. The molecule has 2 aromatic carbocycles. The van der Waals surface area contributed by atoms with Crippen LogP contribution in [0, 0.1) is 11.3 Å². The fourth-order valence-corrected chi connectivity index (χ4v) is 3.70. The first-order valence-electron chi connectivity index (χ1n) is 10.1. The maximum Gasteiger partial charge on any atom is 0.414 e. The fraction of sp³-hybridized carbons (Fsp3) is 0.120. The van der Waals surface area contributed by atoms with Crippen molar-refractivity contribution in [3.8, 4) is 11.8 Å². The van der Waals surface area contributed by atoms with Gasteiger partial charge in [0.05, 0.1) is 16.6 Å². The molecule has 0 saturated heterocycles. The Bertz CT molecular complexity index is 1350. The summed E-state index contributed by atoms with van der Waals surface area (Å²) < 4.78 is 5.81. The Balaban J connectivity index is 1.96. The van der Waals surface area contributed by atoms with Gasteiger partial charge in [0, 0.05) is 37.4 Å². The first-order valence-corrected chi connectivity index (χ1v) is 10.5. The van der Waals surface area contributed by atoms with Crippen LogP contribution in [-0.2, 0) is 0 Å². The van der Waals surface area contributed by atoms with Crippen LogP contribution >= 0.6 is 11.6 Å². The number of halogens is 1. The van der Waals surface area contributed by atoms with Gasteiger partial charge in [0.2, 0.25) is 0 Å². The van der Waals surface area contributed by atoms with E-state index in [1.807, 2.05) is 48.5 Å². The predicted octanol–water partition coefficient (Wildman–Crippen LogP) is 5.42. The normalized spacial score (nSPS) is 11.5. The largest absolute Gasteiger partial charge is 0.414 e. The van der Waals surface area contributed by atoms with Crippen molar-refractivity contribution in [2.24, 2.45) is 0 Å². The monoisotopic (exact) mass is 457 g/mol. The first-order chi connectivity index (χ1) is 16.0. The van der Waals surface area contributed by atoms with Crippen LogP contribution < -0.4 is 10.1 Å². The molecule has 4 rings (SSSR count). The van der Waals surface area contributed by atoms with Gasteiger partial charge in [0.1, 0.15) is 17.4 Å². The van der Waals surface area contributed by atoms with Gasteiger partial charge in [-0.3, -0.25) is 4.98 Å². The van der Waals surface area contributed by atoms with Gasteiger partial charge in [-0.15, -0.1) is 0 Å². The zero-order valence-electron chi connectivity index (χ0n) is 18.0. The fourth-order valence-electron chi connectivity index (χ4n) is 3.43. The van der Waals surface area contributed by atoms with Crippen LogP contribution in [-0.4, -0.2) is 35.1 Å². The minimum atomic E-state index is -0.586. The first kappa shape index (κ1) is 22.1. The summed E-state index contributed by atoms with van der Waals surface area (Å²) in [7, 11) is 3.22. The van der Waals surface area contributed by atoms with E-state index >= 15 is 0 Å². The summed E-state index contributed by atoms with van der Waals surface area (Å²) in [4.78, 5) is 22.8. The lowest BCUT2D eigenvalue weighted by Gasteiger charge is -2.25. The Morgan fingerprint density at radius 2 is 1.85 bits per heavy atom. The molecule has 164 valence electrons. The smallest absolute Gasteiger partial charge is 0.407 e. The molecule has 0 aliphatic heterocycles. The minimum absolute atomic E-state index is 0.304. The number of fused-ring (bicyclic) bond motifs is 1. The summed E-state index contributed by atoms with van der Waals surface area (Å²) in [5, 5.41) is 14.0. The Kier molecular flexibility index (Phi) is 6.38. The lowest BCUT2D eigenvalue weighted by Crippen LogP contribution is -2.26. The van der Waals surface area contributed by atoms with E-state index in [2.05, 4.69) is 21.4 Å². The van der Waals surface area contributed by atoms with Gasteiger partial charge in [0.25, 0.3) is 0 Å². The number of carbonyl (C=O) groups is 1. The Hall–Kier alpha value is -4.15. The van der Waals surface area contributed by atoms with Crippen LogP contribution in [0.3, 0.4) is 0 Å². The second kappa shape index (κ2) is 9.55. The zero-order valence-corrected chi connectivity index (χ0v) is 18.7. The van der Waals surface area contributed by atoms with Crippen molar-refractivity contribution < 1.29 is 9.53 Å². The van der Waals surface area contributed by atoms with E-state index in [9.17, 15) is 10.1 Å². The number of hydrogen-bond acceptors (Lipinski definition) is 6. The second-order valence-corrected chi connectivity index (χ2v) is 7.81. The topological polar surface area (TPSA) is 91.1 Å². The molecule has 33 heavy (non-hydrogen) atoms. The van der Waals surface area contributed by atoms with E-state index in [0.29, 0.717) is 38.8 Å². The Labute approximate surface area is 196 Å².